The SMILES string of the molecule is C#Cc1cnc2ccn(S(C)(=O)=O)c2c1N. The highest BCUT2D eigenvalue weighted by Crippen LogP contribution is 2.24. The Labute approximate surface area is 92.9 Å². The molecule has 82 valence electrons. The van der Waals surface area contributed by atoms with Gasteiger partial charge in [-0.2, -0.15) is 0 Å². The first-order valence-corrected chi connectivity index (χ1v) is 6.22. The molecule has 0 bridgehead atoms. The molecule has 2 aromatic rings. The fourth-order valence-electron chi connectivity index (χ4n) is 1.49. The summed E-state index contributed by atoms with van der Waals surface area (Å²) in [5.74, 6) is 2.36. The Bertz CT molecular complexity index is 707. The van der Waals surface area contributed by atoms with Crippen molar-refractivity contribution in [3.8, 4) is 12.3 Å². The lowest BCUT2D eigenvalue weighted by Crippen LogP contribution is -2.10. The molecule has 2 heterocycles. The van der Waals surface area contributed by atoms with E-state index in [1.54, 1.807) is 6.07 Å². The van der Waals surface area contributed by atoms with Crippen molar-refractivity contribution in [3.05, 3.63) is 24.0 Å². The molecular weight excluding hydrogens is 226 g/mol. The van der Waals surface area contributed by atoms with Crippen LogP contribution < -0.4 is 5.73 Å². The van der Waals surface area contributed by atoms with Gasteiger partial charge in [0.15, 0.2) is 0 Å². The van der Waals surface area contributed by atoms with Crippen LogP contribution in [0, 0.1) is 12.3 Å². The summed E-state index contributed by atoms with van der Waals surface area (Å²) in [5.41, 5.74) is 7.27. The lowest BCUT2D eigenvalue weighted by atomic mass is 10.2. The van der Waals surface area contributed by atoms with E-state index in [4.69, 9.17) is 12.2 Å². The molecule has 2 rings (SSSR count). The minimum absolute atomic E-state index is 0.253. The second-order valence-electron chi connectivity index (χ2n) is 3.34. The summed E-state index contributed by atoms with van der Waals surface area (Å²) in [6.07, 6.45) is 9.19. The third-order valence-electron chi connectivity index (χ3n) is 2.22. The summed E-state index contributed by atoms with van der Waals surface area (Å²) in [5, 5.41) is 0. The maximum atomic E-state index is 11.5. The zero-order chi connectivity index (χ0) is 11.9. The van der Waals surface area contributed by atoms with Crippen molar-refractivity contribution in [2.75, 3.05) is 12.0 Å². The van der Waals surface area contributed by atoms with Crippen LogP contribution in [0.25, 0.3) is 11.0 Å². The minimum Gasteiger partial charge on any atom is -0.396 e. The Morgan fingerprint density at radius 1 is 1.56 bits per heavy atom. The van der Waals surface area contributed by atoms with E-state index in [2.05, 4.69) is 10.9 Å². The average Bonchev–Trinajstić information content (AvgIpc) is 2.62. The number of anilines is 1. The highest BCUT2D eigenvalue weighted by molar-refractivity contribution is 7.89. The van der Waals surface area contributed by atoms with Crippen LogP contribution >= 0.6 is 0 Å². The van der Waals surface area contributed by atoms with E-state index in [9.17, 15) is 8.42 Å². The van der Waals surface area contributed by atoms with Crippen molar-refractivity contribution in [3.63, 3.8) is 0 Å². The molecule has 0 aliphatic heterocycles. The van der Waals surface area contributed by atoms with E-state index >= 15 is 0 Å². The zero-order valence-electron chi connectivity index (χ0n) is 8.51. The van der Waals surface area contributed by atoms with Gasteiger partial charge in [0.05, 0.1) is 23.0 Å². The Balaban J connectivity index is 2.97. The Hall–Kier alpha value is -2.00. The van der Waals surface area contributed by atoms with E-state index in [-0.39, 0.29) is 5.69 Å². The van der Waals surface area contributed by atoms with Crippen molar-refractivity contribution >= 4 is 26.7 Å². The molecule has 0 aliphatic rings. The van der Waals surface area contributed by atoms with Crippen molar-refractivity contribution in [1.82, 2.24) is 8.96 Å². The summed E-state index contributed by atoms with van der Waals surface area (Å²) >= 11 is 0. The molecule has 0 spiro atoms. The van der Waals surface area contributed by atoms with Gasteiger partial charge in [-0.05, 0) is 6.07 Å². The minimum atomic E-state index is -3.41. The molecule has 2 N–H and O–H groups in total. The van der Waals surface area contributed by atoms with Crippen LogP contribution in [-0.4, -0.2) is 23.6 Å². The number of aromatic nitrogens is 2. The number of pyridine rings is 1. The Morgan fingerprint density at radius 3 is 2.81 bits per heavy atom. The van der Waals surface area contributed by atoms with Crippen LogP contribution in [0.1, 0.15) is 5.56 Å². The van der Waals surface area contributed by atoms with Gasteiger partial charge in [0, 0.05) is 12.4 Å². The number of terminal acetylenes is 1. The maximum Gasteiger partial charge on any atom is 0.236 e. The topological polar surface area (TPSA) is 78.0 Å². The summed E-state index contributed by atoms with van der Waals surface area (Å²) in [7, 11) is -3.41. The fourth-order valence-corrected chi connectivity index (χ4v) is 2.29. The average molecular weight is 235 g/mol. The van der Waals surface area contributed by atoms with Crippen molar-refractivity contribution in [2.24, 2.45) is 0 Å². The Morgan fingerprint density at radius 2 is 2.25 bits per heavy atom. The first-order chi connectivity index (χ1) is 7.45. The van der Waals surface area contributed by atoms with Gasteiger partial charge in [0.2, 0.25) is 10.0 Å². The molecule has 0 saturated heterocycles. The summed E-state index contributed by atoms with van der Waals surface area (Å²) in [6.45, 7) is 0. The predicted molar refractivity (Wildman–Crippen MR) is 62.3 cm³/mol. The number of nitrogens with two attached hydrogens (primary N) is 1. The standard InChI is InChI=1S/C10H9N3O2S/c1-3-7-6-12-8-4-5-13(16(2,14)15)10(8)9(7)11/h1,4-6H,2H3,(H2,11,12). The van der Waals surface area contributed by atoms with Crippen LogP contribution in [0.2, 0.25) is 0 Å². The highest BCUT2D eigenvalue weighted by Gasteiger charge is 2.14. The van der Waals surface area contributed by atoms with Gasteiger partial charge in [-0.1, -0.05) is 5.92 Å². The number of hydrogen-bond donors (Lipinski definition) is 1. The van der Waals surface area contributed by atoms with Gasteiger partial charge in [-0.15, -0.1) is 6.42 Å². The molecule has 0 aliphatic carbocycles. The first kappa shape index (κ1) is 10.5. The maximum absolute atomic E-state index is 11.5. The Kier molecular flexibility index (Phi) is 2.14. The van der Waals surface area contributed by atoms with Gasteiger partial charge in [0.1, 0.15) is 5.52 Å². The molecule has 0 amide bonds. The fraction of sp³-hybridized carbons (Fsp3) is 0.100. The normalized spacial score (nSPS) is 11.5. The number of hydrogen-bond acceptors (Lipinski definition) is 4. The van der Waals surface area contributed by atoms with Gasteiger partial charge < -0.3 is 5.73 Å². The highest BCUT2D eigenvalue weighted by atomic mass is 32.2. The lowest BCUT2D eigenvalue weighted by Gasteiger charge is -2.05. The zero-order valence-corrected chi connectivity index (χ0v) is 9.32. The van der Waals surface area contributed by atoms with Gasteiger partial charge in [0.25, 0.3) is 0 Å². The molecular formula is C10H9N3O2S. The van der Waals surface area contributed by atoms with Crippen LogP contribution in [-0.2, 0) is 10.0 Å². The summed E-state index contributed by atoms with van der Waals surface area (Å²) in [4.78, 5) is 4.04. The van der Waals surface area contributed by atoms with E-state index in [1.807, 2.05) is 0 Å². The van der Waals surface area contributed by atoms with Gasteiger partial charge in [-0.3, -0.25) is 4.98 Å². The second-order valence-corrected chi connectivity index (χ2v) is 5.20. The van der Waals surface area contributed by atoms with Crippen molar-refractivity contribution in [2.45, 2.75) is 0 Å². The molecule has 0 fully saturated rings. The second kappa shape index (κ2) is 3.25. The van der Waals surface area contributed by atoms with Crippen molar-refractivity contribution < 1.29 is 8.42 Å². The van der Waals surface area contributed by atoms with Crippen LogP contribution in [0.3, 0.4) is 0 Å². The third-order valence-corrected chi connectivity index (χ3v) is 3.24. The molecule has 16 heavy (non-hydrogen) atoms. The largest absolute Gasteiger partial charge is 0.396 e. The molecule has 0 radical (unpaired) electrons. The molecule has 5 nitrogen and oxygen atoms in total. The smallest absolute Gasteiger partial charge is 0.236 e. The lowest BCUT2D eigenvalue weighted by molar-refractivity contribution is 0.595. The monoisotopic (exact) mass is 235 g/mol. The molecule has 2 aromatic heterocycles. The first-order valence-electron chi connectivity index (χ1n) is 4.38. The van der Waals surface area contributed by atoms with Crippen LogP contribution in [0.15, 0.2) is 18.5 Å². The van der Waals surface area contributed by atoms with E-state index < -0.39 is 10.0 Å². The predicted octanol–water partition coefficient (Wildman–Crippen LogP) is 0.407. The number of nitrogens with zero attached hydrogens (tertiary/aromatic N) is 2. The van der Waals surface area contributed by atoms with Gasteiger partial charge >= 0.3 is 0 Å². The molecule has 0 atom stereocenters. The van der Waals surface area contributed by atoms with E-state index in [1.165, 1.54) is 12.4 Å². The number of fused-ring (bicyclic) bond motifs is 1. The molecule has 6 heteroatoms. The van der Waals surface area contributed by atoms with Crippen LogP contribution in [0.4, 0.5) is 5.69 Å². The number of nitrogen functional groups attached to an aromatic ring is 1. The van der Waals surface area contributed by atoms with Crippen LogP contribution in [0.5, 0.6) is 0 Å². The third kappa shape index (κ3) is 1.42. The quantitative estimate of drug-likeness (QED) is 0.726. The molecule has 0 unspecified atom stereocenters. The molecule has 0 aromatic carbocycles. The van der Waals surface area contributed by atoms with Gasteiger partial charge in [-0.25, -0.2) is 12.4 Å². The molecule has 0 saturated carbocycles. The van der Waals surface area contributed by atoms with E-state index in [0.717, 1.165) is 10.2 Å². The summed E-state index contributed by atoms with van der Waals surface area (Å²) in [6, 6.07) is 1.58. The van der Waals surface area contributed by atoms with Crippen molar-refractivity contribution in [1.29, 1.82) is 0 Å². The number of rotatable bonds is 1. The summed E-state index contributed by atoms with van der Waals surface area (Å²) < 4.78 is 24.1. The van der Waals surface area contributed by atoms with E-state index in [0.29, 0.717) is 16.6 Å².